The Morgan fingerprint density at radius 1 is 1.19 bits per heavy atom. The van der Waals surface area contributed by atoms with E-state index in [0.717, 1.165) is 25.1 Å². The Morgan fingerprint density at radius 3 is 2.38 bits per heavy atom. The third kappa shape index (κ3) is 3.17. The molecule has 2 N–H and O–H groups in total. The summed E-state index contributed by atoms with van der Waals surface area (Å²) in [6.07, 6.45) is 4.65. The highest BCUT2D eigenvalue weighted by Crippen LogP contribution is 2.28. The summed E-state index contributed by atoms with van der Waals surface area (Å²) in [5.41, 5.74) is -1.95. The number of amides is 1. The Hall–Kier alpha value is -2.05. The molecule has 0 aromatic carbocycles. The van der Waals surface area contributed by atoms with Crippen molar-refractivity contribution in [2.24, 2.45) is 0 Å². The number of carboxylic acids is 1. The second-order valence-corrected chi connectivity index (χ2v) is 5.22. The quantitative estimate of drug-likeness (QED) is 0.662. The molecule has 5 nitrogen and oxygen atoms in total. The molecular weight excluding hydrogens is 282 g/mol. The zero-order valence-corrected chi connectivity index (χ0v) is 11.4. The minimum absolute atomic E-state index is 0.281. The van der Waals surface area contributed by atoms with Crippen molar-refractivity contribution in [3.63, 3.8) is 0 Å². The number of aromatic nitrogens is 1. The van der Waals surface area contributed by atoms with Crippen molar-refractivity contribution in [1.29, 1.82) is 0 Å². The Labute approximate surface area is 120 Å². The lowest BCUT2D eigenvalue weighted by Crippen LogP contribution is -2.54. The van der Waals surface area contributed by atoms with Gasteiger partial charge in [-0.3, -0.25) is 4.79 Å². The number of nitrogens with one attached hydrogen (secondary N) is 1. The maximum absolute atomic E-state index is 13.6. The lowest BCUT2D eigenvalue weighted by molar-refractivity contribution is -0.145. The molecule has 0 aliphatic heterocycles. The number of carbonyl (C=O) groups is 2. The van der Waals surface area contributed by atoms with Gasteiger partial charge in [-0.05, 0) is 18.9 Å². The molecule has 0 unspecified atom stereocenters. The van der Waals surface area contributed by atoms with E-state index in [1.165, 1.54) is 0 Å². The van der Waals surface area contributed by atoms with E-state index in [0.29, 0.717) is 12.8 Å². The van der Waals surface area contributed by atoms with Gasteiger partial charge in [0.15, 0.2) is 5.82 Å². The van der Waals surface area contributed by atoms with Crippen LogP contribution in [0.3, 0.4) is 0 Å². The molecule has 114 valence electrons. The second kappa shape index (κ2) is 6.15. The van der Waals surface area contributed by atoms with Gasteiger partial charge in [0.05, 0.1) is 5.56 Å². The number of aliphatic carboxylic acids is 1. The van der Waals surface area contributed by atoms with Gasteiger partial charge < -0.3 is 10.4 Å². The number of hydrogen-bond donors (Lipinski definition) is 2. The summed E-state index contributed by atoms with van der Waals surface area (Å²) in [5.74, 6) is -4.83. The molecule has 1 aromatic heterocycles. The van der Waals surface area contributed by atoms with Crippen molar-refractivity contribution in [3.05, 3.63) is 29.6 Å². The van der Waals surface area contributed by atoms with Gasteiger partial charge in [-0.1, -0.05) is 25.7 Å². The molecule has 0 saturated heterocycles. The summed E-state index contributed by atoms with van der Waals surface area (Å²) in [6, 6.07) is 1.03. The van der Waals surface area contributed by atoms with Crippen LogP contribution in [-0.2, 0) is 4.79 Å². The van der Waals surface area contributed by atoms with Crippen LogP contribution in [0, 0.1) is 11.8 Å². The summed E-state index contributed by atoms with van der Waals surface area (Å²) in [6.45, 7) is 0. The van der Waals surface area contributed by atoms with E-state index in [4.69, 9.17) is 0 Å². The highest BCUT2D eigenvalue weighted by molar-refractivity contribution is 5.98. The van der Waals surface area contributed by atoms with Gasteiger partial charge in [-0.15, -0.1) is 0 Å². The maximum atomic E-state index is 13.6. The summed E-state index contributed by atoms with van der Waals surface area (Å²) in [7, 11) is 0. The Bertz CT molecular complexity index is 555. The van der Waals surface area contributed by atoms with Gasteiger partial charge in [0.1, 0.15) is 5.54 Å². The average molecular weight is 298 g/mol. The Morgan fingerprint density at radius 2 is 1.81 bits per heavy atom. The maximum Gasteiger partial charge on any atom is 0.329 e. The first-order valence-corrected chi connectivity index (χ1v) is 6.82. The molecule has 1 fully saturated rings. The van der Waals surface area contributed by atoms with Crippen molar-refractivity contribution in [2.45, 2.75) is 44.1 Å². The molecule has 21 heavy (non-hydrogen) atoms. The van der Waals surface area contributed by atoms with Crippen molar-refractivity contribution < 1.29 is 23.5 Å². The molecule has 1 aromatic rings. The summed E-state index contributed by atoms with van der Waals surface area (Å²) < 4.78 is 26.6. The molecule has 2 rings (SSSR count). The number of halogens is 2. The molecule has 7 heteroatoms. The van der Waals surface area contributed by atoms with E-state index in [2.05, 4.69) is 10.3 Å². The van der Waals surface area contributed by atoms with Crippen LogP contribution < -0.4 is 5.32 Å². The number of rotatable bonds is 3. The van der Waals surface area contributed by atoms with Gasteiger partial charge in [0, 0.05) is 6.20 Å². The van der Waals surface area contributed by atoms with Crippen LogP contribution in [0.1, 0.15) is 48.9 Å². The topological polar surface area (TPSA) is 79.3 Å². The van der Waals surface area contributed by atoms with Crippen molar-refractivity contribution >= 4 is 11.9 Å². The van der Waals surface area contributed by atoms with Crippen LogP contribution >= 0.6 is 0 Å². The predicted molar refractivity (Wildman–Crippen MR) is 69.7 cm³/mol. The highest BCUT2D eigenvalue weighted by Gasteiger charge is 2.40. The number of carboxylic acid groups (broad SMARTS) is 1. The van der Waals surface area contributed by atoms with E-state index >= 15 is 0 Å². The second-order valence-electron chi connectivity index (χ2n) is 5.22. The minimum Gasteiger partial charge on any atom is -0.480 e. The molecule has 0 radical (unpaired) electrons. The number of carbonyl (C=O) groups excluding carboxylic acids is 1. The van der Waals surface area contributed by atoms with E-state index in [9.17, 15) is 23.5 Å². The van der Waals surface area contributed by atoms with Crippen LogP contribution in [0.2, 0.25) is 0 Å². The number of hydrogen-bond acceptors (Lipinski definition) is 3. The van der Waals surface area contributed by atoms with E-state index in [-0.39, 0.29) is 12.8 Å². The number of nitrogens with zero attached hydrogens (tertiary/aromatic N) is 1. The summed E-state index contributed by atoms with van der Waals surface area (Å²) >= 11 is 0. The fourth-order valence-corrected chi connectivity index (χ4v) is 2.60. The first-order chi connectivity index (χ1) is 9.96. The van der Waals surface area contributed by atoms with E-state index in [1.54, 1.807) is 0 Å². The molecule has 1 saturated carbocycles. The largest absolute Gasteiger partial charge is 0.480 e. The predicted octanol–water partition coefficient (Wildman–Crippen LogP) is 2.27. The van der Waals surface area contributed by atoms with Crippen LogP contribution in [-0.4, -0.2) is 27.5 Å². The lowest BCUT2D eigenvalue weighted by atomic mass is 9.90. The smallest absolute Gasteiger partial charge is 0.329 e. The first kappa shape index (κ1) is 15.3. The Kier molecular flexibility index (Phi) is 4.50. The van der Waals surface area contributed by atoms with Crippen LogP contribution in [0.25, 0.3) is 0 Å². The fourth-order valence-electron chi connectivity index (χ4n) is 2.60. The zero-order valence-electron chi connectivity index (χ0n) is 11.4. The molecule has 0 spiro atoms. The molecular formula is C14H16F2N2O3. The summed E-state index contributed by atoms with van der Waals surface area (Å²) in [5, 5.41) is 11.8. The van der Waals surface area contributed by atoms with Crippen molar-refractivity contribution in [3.8, 4) is 0 Å². The monoisotopic (exact) mass is 298 g/mol. The van der Waals surface area contributed by atoms with E-state index < -0.39 is 34.7 Å². The zero-order chi connectivity index (χ0) is 15.5. The van der Waals surface area contributed by atoms with Gasteiger partial charge in [0.2, 0.25) is 5.95 Å². The third-order valence-corrected chi connectivity index (χ3v) is 3.81. The van der Waals surface area contributed by atoms with Crippen molar-refractivity contribution in [2.75, 3.05) is 0 Å². The first-order valence-electron chi connectivity index (χ1n) is 6.82. The van der Waals surface area contributed by atoms with Gasteiger partial charge >= 0.3 is 5.97 Å². The van der Waals surface area contributed by atoms with Crippen LogP contribution in [0.5, 0.6) is 0 Å². The van der Waals surface area contributed by atoms with Crippen LogP contribution in [0.4, 0.5) is 8.78 Å². The fraction of sp³-hybridized carbons (Fsp3) is 0.500. The lowest BCUT2D eigenvalue weighted by Gasteiger charge is -2.29. The SMILES string of the molecule is O=C(NC1(C(=O)O)CCCCCC1)c1ccnc(F)c1F. The molecule has 1 heterocycles. The molecule has 1 aliphatic rings. The minimum atomic E-state index is -1.42. The normalized spacial score (nSPS) is 17.8. The number of pyridine rings is 1. The molecule has 0 bridgehead atoms. The van der Waals surface area contributed by atoms with Crippen molar-refractivity contribution in [1.82, 2.24) is 10.3 Å². The third-order valence-electron chi connectivity index (χ3n) is 3.81. The van der Waals surface area contributed by atoms with Crippen LogP contribution in [0.15, 0.2) is 12.3 Å². The molecule has 1 aliphatic carbocycles. The highest BCUT2D eigenvalue weighted by atomic mass is 19.2. The Balaban J connectivity index is 2.26. The summed E-state index contributed by atoms with van der Waals surface area (Å²) in [4.78, 5) is 26.7. The van der Waals surface area contributed by atoms with Gasteiger partial charge in [-0.2, -0.15) is 4.39 Å². The average Bonchev–Trinajstić information content (AvgIpc) is 2.68. The standard InChI is InChI=1S/C14H16F2N2O3/c15-10-9(5-8-17-11(10)16)12(19)18-14(13(20)21)6-3-1-2-4-7-14/h5,8H,1-4,6-7H2,(H,18,19)(H,20,21). The molecule has 0 atom stereocenters. The van der Waals surface area contributed by atoms with E-state index in [1.807, 2.05) is 0 Å². The molecule has 1 amide bonds. The van der Waals surface area contributed by atoms with Gasteiger partial charge in [0.25, 0.3) is 5.91 Å². The van der Waals surface area contributed by atoms with Gasteiger partial charge in [-0.25, -0.2) is 14.2 Å².